The first kappa shape index (κ1) is 14.2. The lowest BCUT2D eigenvalue weighted by Gasteiger charge is -2.09. The molecule has 1 aromatic carbocycles. The molecule has 1 N–H and O–H groups in total. The first-order valence-electron chi connectivity index (χ1n) is 5.94. The van der Waals surface area contributed by atoms with E-state index >= 15 is 0 Å². The van der Waals surface area contributed by atoms with Crippen molar-refractivity contribution in [2.75, 3.05) is 5.32 Å². The summed E-state index contributed by atoms with van der Waals surface area (Å²) in [5.41, 5.74) is 3.09. The first-order valence-corrected chi connectivity index (χ1v) is 6.32. The number of nitrogens with one attached hydrogen (secondary N) is 1. The number of nitro groups is 1. The third-order valence-corrected chi connectivity index (χ3v) is 3.07. The Morgan fingerprint density at radius 1 is 1.40 bits per heavy atom. The van der Waals surface area contributed by atoms with E-state index in [1.54, 1.807) is 0 Å². The van der Waals surface area contributed by atoms with Crippen LogP contribution in [0.2, 0.25) is 5.28 Å². The van der Waals surface area contributed by atoms with Gasteiger partial charge < -0.3 is 5.32 Å². The molecule has 0 aliphatic carbocycles. The molecule has 0 unspecified atom stereocenters. The third-order valence-electron chi connectivity index (χ3n) is 2.89. The van der Waals surface area contributed by atoms with Gasteiger partial charge in [-0.15, -0.1) is 0 Å². The molecule has 2 rings (SSSR count). The normalized spacial score (nSPS) is 10.3. The van der Waals surface area contributed by atoms with E-state index in [9.17, 15) is 10.1 Å². The van der Waals surface area contributed by atoms with Crippen LogP contribution >= 0.6 is 11.6 Å². The fraction of sp³-hybridized carbons (Fsp3) is 0.231. The van der Waals surface area contributed by atoms with Crippen molar-refractivity contribution >= 4 is 23.1 Å². The van der Waals surface area contributed by atoms with Gasteiger partial charge in [-0.3, -0.25) is 10.1 Å². The number of hydrogen-bond acceptors (Lipinski definition) is 5. The molecule has 1 aromatic heterocycles. The third kappa shape index (κ3) is 3.21. The summed E-state index contributed by atoms with van der Waals surface area (Å²) in [6.07, 6.45) is 1.10. The Morgan fingerprint density at radius 2 is 2.15 bits per heavy atom. The van der Waals surface area contributed by atoms with Gasteiger partial charge in [-0.25, -0.2) is 4.98 Å². The number of aryl methyl sites for hydroxylation is 2. The average molecular weight is 293 g/mol. The van der Waals surface area contributed by atoms with Gasteiger partial charge in [0, 0.05) is 6.54 Å². The molecule has 1 heterocycles. The maximum Gasteiger partial charge on any atom is 0.329 e. The second-order valence-corrected chi connectivity index (χ2v) is 4.75. The number of nitrogens with zero attached hydrogens (tertiary/aromatic N) is 3. The quantitative estimate of drug-likeness (QED) is 0.531. The number of aromatic nitrogens is 2. The van der Waals surface area contributed by atoms with Crippen LogP contribution in [0.1, 0.15) is 16.7 Å². The lowest BCUT2D eigenvalue weighted by molar-refractivity contribution is -0.384. The van der Waals surface area contributed by atoms with Crippen LogP contribution in [0.25, 0.3) is 0 Å². The molecule has 0 saturated heterocycles. The summed E-state index contributed by atoms with van der Waals surface area (Å²) < 4.78 is 0. The highest BCUT2D eigenvalue weighted by Gasteiger charge is 2.16. The van der Waals surface area contributed by atoms with Crippen molar-refractivity contribution in [3.05, 3.63) is 56.5 Å². The van der Waals surface area contributed by atoms with E-state index in [1.807, 2.05) is 32.0 Å². The summed E-state index contributed by atoms with van der Waals surface area (Å²) >= 11 is 5.67. The van der Waals surface area contributed by atoms with E-state index < -0.39 is 4.92 Å². The Bertz CT molecular complexity index is 661. The molecule has 20 heavy (non-hydrogen) atoms. The molecule has 7 heteroatoms. The van der Waals surface area contributed by atoms with Crippen LogP contribution in [0.15, 0.2) is 24.4 Å². The van der Waals surface area contributed by atoms with Crippen molar-refractivity contribution < 1.29 is 4.92 Å². The summed E-state index contributed by atoms with van der Waals surface area (Å²) in [4.78, 5) is 17.9. The number of hydrogen-bond donors (Lipinski definition) is 1. The van der Waals surface area contributed by atoms with E-state index in [-0.39, 0.29) is 16.8 Å². The van der Waals surface area contributed by atoms with Crippen molar-refractivity contribution in [1.29, 1.82) is 0 Å². The first-order chi connectivity index (χ1) is 9.47. The van der Waals surface area contributed by atoms with Crippen molar-refractivity contribution in [2.45, 2.75) is 20.4 Å². The number of rotatable bonds is 4. The van der Waals surface area contributed by atoms with Crippen LogP contribution in [0.5, 0.6) is 0 Å². The minimum Gasteiger partial charge on any atom is -0.360 e. The molecular formula is C13H13ClN4O2. The van der Waals surface area contributed by atoms with E-state index in [2.05, 4.69) is 15.3 Å². The summed E-state index contributed by atoms with van der Waals surface area (Å²) in [5.74, 6) is 0.121. The minimum atomic E-state index is -0.540. The van der Waals surface area contributed by atoms with Crippen molar-refractivity contribution in [3.8, 4) is 0 Å². The van der Waals surface area contributed by atoms with Crippen LogP contribution < -0.4 is 5.32 Å². The molecule has 0 bridgehead atoms. The molecule has 2 aromatic rings. The van der Waals surface area contributed by atoms with Gasteiger partial charge in [0.1, 0.15) is 6.20 Å². The van der Waals surface area contributed by atoms with Gasteiger partial charge in [-0.2, -0.15) is 4.98 Å². The highest BCUT2D eigenvalue weighted by molar-refractivity contribution is 6.28. The van der Waals surface area contributed by atoms with Crippen LogP contribution in [-0.4, -0.2) is 14.9 Å². The second kappa shape index (κ2) is 5.83. The maximum absolute atomic E-state index is 10.9. The molecule has 0 amide bonds. The minimum absolute atomic E-state index is 0.0286. The highest BCUT2D eigenvalue weighted by Crippen LogP contribution is 2.23. The zero-order chi connectivity index (χ0) is 14.7. The standard InChI is InChI=1S/C13H13ClN4O2/c1-8-3-4-9(2)10(5-8)6-15-12-11(18(19)20)7-16-13(14)17-12/h3-5,7H,6H2,1-2H3,(H,15,16,17). The van der Waals surface area contributed by atoms with Gasteiger partial charge in [0.2, 0.25) is 11.1 Å². The zero-order valence-corrected chi connectivity index (χ0v) is 11.8. The summed E-state index contributed by atoms with van der Waals surface area (Å²) in [6, 6.07) is 6.05. The fourth-order valence-corrected chi connectivity index (χ4v) is 1.92. The molecular weight excluding hydrogens is 280 g/mol. The largest absolute Gasteiger partial charge is 0.360 e. The predicted molar refractivity (Wildman–Crippen MR) is 76.9 cm³/mol. The lowest BCUT2D eigenvalue weighted by Crippen LogP contribution is -2.06. The van der Waals surface area contributed by atoms with Crippen molar-refractivity contribution in [3.63, 3.8) is 0 Å². The maximum atomic E-state index is 10.9. The molecule has 0 radical (unpaired) electrons. The molecule has 0 aliphatic rings. The SMILES string of the molecule is Cc1ccc(C)c(CNc2nc(Cl)ncc2[N+](=O)[O-])c1. The lowest BCUT2D eigenvalue weighted by atomic mass is 10.1. The van der Waals surface area contributed by atoms with Gasteiger partial charge in [-0.05, 0) is 36.6 Å². The fourth-order valence-electron chi connectivity index (χ4n) is 1.79. The highest BCUT2D eigenvalue weighted by atomic mass is 35.5. The Balaban J connectivity index is 2.24. The van der Waals surface area contributed by atoms with Crippen LogP contribution in [-0.2, 0) is 6.54 Å². The van der Waals surface area contributed by atoms with E-state index in [0.29, 0.717) is 6.54 Å². The van der Waals surface area contributed by atoms with Gasteiger partial charge in [0.15, 0.2) is 0 Å². The Kier molecular flexibility index (Phi) is 4.14. The van der Waals surface area contributed by atoms with E-state index in [1.165, 1.54) is 0 Å². The second-order valence-electron chi connectivity index (χ2n) is 4.41. The summed E-state index contributed by atoms with van der Waals surface area (Å²) in [5, 5.41) is 13.8. The number of anilines is 1. The Morgan fingerprint density at radius 3 is 2.85 bits per heavy atom. The van der Waals surface area contributed by atoms with E-state index in [4.69, 9.17) is 11.6 Å². The number of benzene rings is 1. The molecule has 6 nitrogen and oxygen atoms in total. The van der Waals surface area contributed by atoms with Gasteiger partial charge >= 0.3 is 5.69 Å². The smallest absolute Gasteiger partial charge is 0.329 e. The average Bonchev–Trinajstić information content (AvgIpc) is 2.39. The molecule has 0 aliphatic heterocycles. The molecule has 0 fully saturated rings. The monoisotopic (exact) mass is 292 g/mol. The molecule has 0 spiro atoms. The van der Waals surface area contributed by atoms with Crippen LogP contribution in [0.3, 0.4) is 0 Å². The Hall–Kier alpha value is -2.21. The van der Waals surface area contributed by atoms with Crippen molar-refractivity contribution in [1.82, 2.24) is 9.97 Å². The van der Waals surface area contributed by atoms with Crippen molar-refractivity contribution in [2.24, 2.45) is 0 Å². The Labute approximate surface area is 121 Å². The van der Waals surface area contributed by atoms with Gasteiger partial charge in [-0.1, -0.05) is 23.8 Å². The molecule has 0 atom stereocenters. The molecule has 104 valence electrons. The van der Waals surface area contributed by atoms with Gasteiger partial charge in [0.05, 0.1) is 4.92 Å². The van der Waals surface area contributed by atoms with Crippen LogP contribution in [0.4, 0.5) is 11.5 Å². The van der Waals surface area contributed by atoms with Gasteiger partial charge in [0.25, 0.3) is 0 Å². The van der Waals surface area contributed by atoms with E-state index in [0.717, 1.165) is 22.9 Å². The van der Waals surface area contributed by atoms with Crippen LogP contribution in [0, 0.1) is 24.0 Å². The predicted octanol–water partition coefficient (Wildman–Crippen LogP) is 3.27. The number of halogens is 1. The summed E-state index contributed by atoms with van der Waals surface area (Å²) in [6.45, 7) is 4.41. The summed E-state index contributed by atoms with van der Waals surface area (Å²) in [7, 11) is 0. The molecule has 0 saturated carbocycles. The zero-order valence-electron chi connectivity index (χ0n) is 11.1. The topological polar surface area (TPSA) is 81.0 Å².